The average molecular weight is 540 g/mol. The van der Waals surface area contributed by atoms with E-state index in [1.807, 2.05) is 6.07 Å². The summed E-state index contributed by atoms with van der Waals surface area (Å²) in [5, 5.41) is 17.8. The van der Waals surface area contributed by atoms with E-state index in [0.29, 0.717) is 5.56 Å². The first kappa shape index (κ1) is 24.5. The van der Waals surface area contributed by atoms with Gasteiger partial charge in [-0.3, -0.25) is 0 Å². The summed E-state index contributed by atoms with van der Waals surface area (Å²) in [7, 11) is 0. The van der Waals surface area contributed by atoms with Crippen LogP contribution in [0.3, 0.4) is 0 Å². The van der Waals surface area contributed by atoms with Crippen molar-refractivity contribution in [3.63, 3.8) is 0 Å². The first-order valence-electron chi connectivity index (χ1n) is 14.4. The van der Waals surface area contributed by atoms with Crippen LogP contribution in [0.25, 0.3) is 65.8 Å². The Hall–Kier alpha value is -5.33. The summed E-state index contributed by atoms with van der Waals surface area (Å²) in [5.74, 6) is 0. The van der Waals surface area contributed by atoms with Crippen molar-refractivity contribution in [1.82, 2.24) is 9.13 Å². The Balaban J connectivity index is 1.43. The summed E-state index contributed by atoms with van der Waals surface area (Å²) in [5.41, 5.74) is 8.33. The lowest BCUT2D eigenvalue weighted by atomic mass is 9.86. The predicted octanol–water partition coefficient (Wildman–Crippen LogP) is 10.2. The molecular weight excluding hydrogens is 510 g/mol. The number of fused-ring (bicyclic) bond motifs is 8. The summed E-state index contributed by atoms with van der Waals surface area (Å²) in [6.07, 6.45) is 0. The smallest absolute Gasteiger partial charge is 0.101 e. The van der Waals surface area contributed by atoms with Gasteiger partial charge < -0.3 is 9.13 Å². The Morgan fingerprint density at radius 3 is 1.86 bits per heavy atom. The topological polar surface area (TPSA) is 33.6 Å². The van der Waals surface area contributed by atoms with Crippen molar-refractivity contribution in [2.45, 2.75) is 26.2 Å². The standard InChI is InChI=1S/C39H29N3/c1-39(2,3)27-17-20-36-32(23-27)38-29-11-5-4-10-25(29)16-19-37(38)41(36)28-18-21-33(26(22-28)24-40)42-34-14-8-6-12-30(34)31-13-7-9-15-35(31)42/h4-23H,1-3H3. The van der Waals surface area contributed by atoms with Gasteiger partial charge in [0.1, 0.15) is 6.07 Å². The number of hydrogen-bond acceptors (Lipinski definition) is 1. The molecule has 0 spiro atoms. The summed E-state index contributed by atoms with van der Waals surface area (Å²) in [6, 6.07) is 45.6. The molecule has 8 rings (SSSR count). The van der Waals surface area contributed by atoms with Crippen LogP contribution in [0.1, 0.15) is 31.9 Å². The summed E-state index contributed by atoms with van der Waals surface area (Å²) in [6.45, 7) is 6.79. The highest BCUT2D eigenvalue weighted by molar-refractivity contribution is 6.21. The Bertz CT molecular complexity index is 2350. The highest BCUT2D eigenvalue weighted by atomic mass is 15.0. The van der Waals surface area contributed by atoms with Gasteiger partial charge in [-0.1, -0.05) is 93.6 Å². The van der Waals surface area contributed by atoms with Gasteiger partial charge in [-0.2, -0.15) is 5.26 Å². The minimum atomic E-state index is 0.0329. The van der Waals surface area contributed by atoms with Gasteiger partial charge >= 0.3 is 0 Å². The molecule has 6 aromatic carbocycles. The number of hydrogen-bond donors (Lipinski definition) is 0. The highest BCUT2D eigenvalue weighted by Crippen LogP contribution is 2.40. The van der Waals surface area contributed by atoms with Crippen LogP contribution in [0.2, 0.25) is 0 Å². The van der Waals surface area contributed by atoms with Crippen molar-refractivity contribution in [2.24, 2.45) is 0 Å². The Morgan fingerprint density at radius 2 is 1.17 bits per heavy atom. The van der Waals surface area contributed by atoms with Crippen LogP contribution in [0.4, 0.5) is 0 Å². The summed E-state index contributed by atoms with van der Waals surface area (Å²) < 4.78 is 4.54. The molecule has 0 aliphatic rings. The van der Waals surface area contributed by atoms with Crippen molar-refractivity contribution >= 4 is 54.4 Å². The maximum atomic E-state index is 10.5. The van der Waals surface area contributed by atoms with E-state index in [1.165, 1.54) is 37.9 Å². The quantitative estimate of drug-likeness (QED) is 0.215. The molecule has 0 bridgehead atoms. The fraction of sp³-hybridized carbons (Fsp3) is 0.103. The van der Waals surface area contributed by atoms with Crippen molar-refractivity contribution in [3.05, 3.63) is 132 Å². The molecule has 2 heterocycles. The third-order valence-corrected chi connectivity index (χ3v) is 8.70. The molecule has 0 atom stereocenters. The fourth-order valence-corrected chi connectivity index (χ4v) is 6.66. The zero-order valence-corrected chi connectivity index (χ0v) is 23.9. The van der Waals surface area contributed by atoms with E-state index in [-0.39, 0.29) is 5.41 Å². The van der Waals surface area contributed by atoms with Crippen LogP contribution in [-0.4, -0.2) is 9.13 Å². The number of benzene rings is 6. The molecule has 200 valence electrons. The molecule has 8 aromatic rings. The Labute approximate surface area is 244 Å². The third kappa shape index (κ3) is 3.45. The lowest BCUT2D eigenvalue weighted by Crippen LogP contribution is -2.10. The average Bonchev–Trinajstić information content (AvgIpc) is 3.53. The maximum absolute atomic E-state index is 10.5. The summed E-state index contributed by atoms with van der Waals surface area (Å²) >= 11 is 0. The normalized spacial score (nSPS) is 12.1. The zero-order chi connectivity index (χ0) is 28.6. The van der Waals surface area contributed by atoms with Crippen LogP contribution in [0, 0.1) is 11.3 Å². The molecule has 0 N–H and O–H groups in total. The molecule has 2 aromatic heterocycles. The highest BCUT2D eigenvalue weighted by Gasteiger charge is 2.21. The minimum absolute atomic E-state index is 0.0329. The van der Waals surface area contributed by atoms with E-state index in [0.717, 1.165) is 33.4 Å². The van der Waals surface area contributed by atoms with Crippen molar-refractivity contribution in [2.75, 3.05) is 0 Å². The van der Waals surface area contributed by atoms with E-state index in [2.05, 4.69) is 151 Å². The van der Waals surface area contributed by atoms with E-state index in [4.69, 9.17) is 0 Å². The largest absolute Gasteiger partial charge is 0.309 e. The SMILES string of the molecule is CC(C)(C)c1ccc2c(c1)c1c3ccccc3ccc1n2-c1ccc(-n2c3ccccc3c3ccccc32)c(C#N)c1. The van der Waals surface area contributed by atoms with E-state index >= 15 is 0 Å². The number of rotatable bonds is 2. The second-order valence-corrected chi connectivity index (χ2v) is 12.2. The second kappa shape index (κ2) is 8.83. The molecule has 0 saturated heterocycles. The van der Waals surface area contributed by atoms with Crippen molar-refractivity contribution in [3.8, 4) is 17.4 Å². The molecular formula is C39H29N3. The molecule has 0 fully saturated rings. The van der Waals surface area contributed by atoms with E-state index < -0.39 is 0 Å². The molecule has 0 aliphatic carbocycles. The van der Waals surface area contributed by atoms with Gasteiger partial charge in [0.2, 0.25) is 0 Å². The monoisotopic (exact) mass is 539 g/mol. The molecule has 3 heteroatoms. The van der Waals surface area contributed by atoms with Crippen LogP contribution in [0.5, 0.6) is 0 Å². The lowest BCUT2D eigenvalue weighted by Gasteiger charge is -2.19. The van der Waals surface area contributed by atoms with Gasteiger partial charge in [-0.25, -0.2) is 0 Å². The van der Waals surface area contributed by atoms with Crippen LogP contribution in [-0.2, 0) is 5.41 Å². The Kier molecular flexibility index (Phi) is 5.15. The maximum Gasteiger partial charge on any atom is 0.101 e. The number of nitrogens with zero attached hydrogens (tertiary/aromatic N) is 3. The van der Waals surface area contributed by atoms with Gasteiger partial charge in [-0.05, 0) is 70.3 Å². The second-order valence-electron chi connectivity index (χ2n) is 12.2. The lowest BCUT2D eigenvalue weighted by molar-refractivity contribution is 0.591. The van der Waals surface area contributed by atoms with Gasteiger partial charge in [0.05, 0.1) is 33.3 Å². The first-order valence-corrected chi connectivity index (χ1v) is 14.4. The van der Waals surface area contributed by atoms with Crippen molar-refractivity contribution < 1.29 is 0 Å². The molecule has 0 radical (unpaired) electrons. The van der Waals surface area contributed by atoms with Crippen molar-refractivity contribution in [1.29, 1.82) is 5.26 Å². The van der Waals surface area contributed by atoms with E-state index in [9.17, 15) is 5.26 Å². The first-order chi connectivity index (χ1) is 20.4. The van der Waals surface area contributed by atoms with Crippen LogP contribution < -0.4 is 0 Å². The molecule has 0 amide bonds. The number of para-hydroxylation sites is 2. The van der Waals surface area contributed by atoms with Gasteiger partial charge in [0.15, 0.2) is 0 Å². The molecule has 0 saturated carbocycles. The molecule has 0 aliphatic heterocycles. The van der Waals surface area contributed by atoms with E-state index in [1.54, 1.807) is 0 Å². The summed E-state index contributed by atoms with van der Waals surface area (Å²) in [4.78, 5) is 0. The minimum Gasteiger partial charge on any atom is -0.309 e. The fourth-order valence-electron chi connectivity index (χ4n) is 6.66. The number of aromatic nitrogens is 2. The molecule has 0 unspecified atom stereocenters. The van der Waals surface area contributed by atoms with Gasteiger partial charge in [0.25, 0.3) is 0 Å². The third-order valence-electron chi connectivity index (χ3n) is 8.70. The van der Waals surface area contributed by atoms with Crippen LogP contribution >= 0.6 is 0 Å². The van der Waals surface area contributed by atoms with Gasteiger partial charge in [-0.15, -0.1) is 0 Å². The Morgan fingerprint density at radius 1 is 0.548 bits per heavy atom. The molecule has 3 nitrogen and oxygen atoms in total. The van der Waals surface area contributed by atoms with Crippen LogP contribution in [0.15, 0.2) is 121 Å². The predicted molar refractivity (Wildman–Crippen MR) is 176 cm³/mol. The molecule has 42 heavy (non-hydrogen) atoms. The number of nitriles is 1. The zero-order valence-electron chi connectivity index (χ0n) is 23.9. The van der Waals surface area contributed by atoms with Gasteiger partial charge in [0, 0.05) is 27.2 Å².